The van der Waals surface area contributed by atoms with Crippen LogP contribution in [0.5, 0.6) is 0 Å². The second-order valence-electron chi connectivity index (χ2n) is 5.07. The zero-order chi connectivity index (χ0) is 13.8. The molecule has 0 spiro atoms. The number of hydrogen-bond acceptors (Lipinski definition) is 3. The highest BCUT2D eigenvalue weighted by Crippen LogP contribution is 2.18. The summed E-state index contributed by atoms with van der Waals surface area (Å²) in [4.78, 5) is 18.5. The minimum Gasteiger partial charge on any atom is -0.359 e. The third-order valence-corrected chi connectivity index (χ3v) is 4.28. The first-order valence-corrected chi connectivity index (χ1v) is 7.54. The van der Waals surface area contributed by atoms with Crippen molar-refractivity contribution in [3.05, 3.63) is 22.3 Å². The second kappa shape index (κ2) is 6.37. The molecule has 0 bridgehead atoms. The standard InChI is InChI=1S/C14H20BrN3O/c1-10-8-13(16-9-12(10)15)17-11(2)14(19)18-6-4-3-5-7-18/h8-9,11H,3-7H2,1-2H3,(H,16,17). The van der Waals surface area contributed by atoms with Crippen LogP contribution in [0.15, 0.2) is 16.7 Å². The van der Waals surface area contributed by atoms with Gasteiger partial charge in [-0.3, -0.25) is 4.79 Å². The van der Waals surface area contributed by atoms with Crippen LogP contribution in [-0.2, 0) is 4.79 Å². The van der Waals surface area contributed by atoms with Gasteiger partial charge in [0, 0.05) is 23.8 Å². The average Bonchev–Trinajstić information content (AvgIpc) is 2.43. The number of nitrogens with one attached hydrogen (secondary N) is 1. The Morgan fingerprint density at radius 1 is 1.42 bits per heavy atom. The van der Waals surface area contributed by atoms with Gasteiger partial charge in [-0.25, -0.2) is 4.98 Å². The average molecular weight is 326 g/mol. The van der Waals surface area contributed by atoms with E-state index in [9.17, 15) is 4.79 Å². The Bertz CT molecular complexity index is 458. The lowest BCUT2D eigenvalue weighted by Crippen LogP contribution is -2.44. The van der Waals surface area contributed by atoms with Crippen molar-refractivity contribution in [1.82, 2.24) is 9.88 Å². The lowest BCUT2D eigenvalue weighted by atomic mass is 10.1. The Labute approximate surface area is 122 Å². The summed E-state index contributed by atoms with van der Waals surface area (Å²) >= 11 is 3.42. The molecule has 2 heterocycles. The molecule has 1 aromatic heterocycles. The fourth-order valence-electron chi connectivity index (χ4n) is 2.29. The number of hydrogen-bond donors (Lipinski definition) is 1. The van der Waals surface area contributed by atoms with Crippen molar-refractivity contribution in [2.45, 2.75) is 39.2 Å². The Balaban J connectivity index is 1.97. The molecule has 1 unspecified atom stereocenters. The summed E-state index contributed by atoms with van der Waals surface area (Å²) in [5.41, 5.74) is 1.11. The molecule has 5 heteroatoms. The lowest BCUT2D eigenvalue weighted by molar-refractivity contribution is -0.132. The van der Waals surface area contributed by atoms with E-state index in [0.29, 0.717) is 0 Å². The molecular formula is C14H20BrN3O. The summed E-state index contributed by atoms with van der Waals surface area (Å²) in [6.45, 7) is 5.68. The largest absolute Gasteiger partial charge is 0.359 e. The van der Waals surface area contributed by atoms with Gasteiger partial charge in [0.1, 0.15) is 11.9 Å². The molecule has 19 heavy (non-hydrogen) atoms. The Morgan fingerprint density at radius 2 is 2.11 bits per heavy atom. The minimum atomic E-state index is -0.230. The van der Waals surface area contributed by atoms with Crippen LogP contribution in [0, 0.1) is 6.92 Å². The summed E-state index contributed by atoms with van der Waals surface area (Å²) in [5.74, 6) is 0.917. The van der Waals surface area contributed by atoms with E-state index in [1.54, 1.807) is 6.20 Å². The van der Waals surface area contributed by atoms with E-state index in [1.807, 2.05) is 24.8 Å². The zero-order valence-corrected chi connectivity index (χ0v) is 13.0. The number of pyridine rings is 1. The van der Waals surface area contributed by atoms with Crippen molar-refractivity contribution >= 4 is 27.7 Å². The number of amides is 1. The Morgan fingerprint density at radius 3 is 2.74 bits per heavy atom. The van der Waals surface area contributed by atoms with Gasteiger partial charge < -0.3 is 10.2 Å². The summed E-state index contributed by atoms with van der Waals surface area (Å²) in [7, 11) is 0. The van der Waals surface area contributed by atoms with Gasteiger partial charge >= 0.3 is 0 Å². The van der Waals surface area contributed by atoms with Gasteiger partial charge in [-0.05, 0) is 60.7 Å². The van der Waals surface area contributed by atoms with Gasteiger partial charge in [0.2, 0.25) is 5.91 Å². The summed E-state index contributed by atoms with van der Waals surface area (Å²) in [6.07, 6.45) is 5.23. The molecular weight excluding hydrogens is 306 g/mol. The van der Waals surface area contributed by atoms with Crippen LogP contribution in [0.25, 0.3) is 0 Å². The molecule has 0 aromatic carbocycles. The highest BCUT2D eigenvalue weighted by molar-refractivity contribution is 9.10. The van der Waals surface area contributed by atoms with E-state index in [-0.39, 0.29) is 11.9 Å². The third kappa shape index (κ3) is 3.69. The van der Waals surface area contributed by atoms with Gasteiger partial charge in [0.05, 0.1) is 0 Å². The molecule has 2 rings (SSSR count). The van der Waals surface area contributed by atoms with Crippen LogP contribution in [0.3, 0.4) is 0 Å². The topological polar surface area (TPSA) is 45.2 Å². The van der Waals surface area contributed by atoms with Gasteiger partial charge in [-0.1, -0.05) is 0 Å². The first kappa shape index (κ1) is 14.3. The van der Waals surface area contributed by atoms with E-state index in [1.165, 1.54) is 6.42 Å². The molecule has 1 aliphatic heterocycles. The molecule has 1 fully saturated rings. The highest BCUT2D eigenvalue weighted by Gasteiger charge is 2.22. The maximum atomic E-state index is 12.3. The highest BCUT2D eigenvalue weighted by atomic mass is 79.9. The number of halogens is 1. The molecule has 0 radical (unpaired) electrons. The third-order valence-electron chi connectivity index (χ3n) is 3.45. The number of rotatable bonds is 3. The smallest absolute Gasteiger partial charge is 0.244 e. The predicted molar refractivity (Wildman–Crippen MR) is 80.2 cm³/mol. The number of likely N-dealkylation sites (tertiary alicyclic amines) is 1. The normalized spacial score (nSPS) is 17.1. The van der Waals surface area contributed by atoms with Crippen LogP contribution < -0.4 is 5.32 Å². The van der Waals surface area contributed by atoms with Crippen molar-refractivity contribution < 1.29 is 4.79 Å². The number of carbonyl (C=O) groups is 1. The quantitative estimate of drug-likeness (QED) is 0.929. The van der Waals surface area contributed by atoms with Crippen LogP contribution in [0.1, 0.15) is 31.7 Å². The summed E-state index contributed by atoms with van der Waals surface area (Å²) in [6, 6.07) is 1.72. The van der Waals surface area contributed by atoms with Crippen LogP contribution in [-0.4, -0.2) is 34.9 Å². The lowest BCUT2D eigenvalue weighted by Gasteiger charge is -2.29. The molecule has 1 atom stereocenters. The zero-order valence-electron chi connectivity index (χ0n) is 11.4. The fraction of sp³-hybridized carbons (Fsp3) is 0.571. The van der Waals surface area contributed by atoms with Crippen LogP contribution in [0.2, 0.25) is 0 Å². The molecule has 1 amide bonds. The van der Waals surface area contributed by atoms with E-state index in [4.69, 9.17) is 0 Å². The molecule has 0 saturated carbocycles. The van der Waals surface area contributed by atoms with Crippen LogP contribution >= 0.6 is 15.9 Å². The Hall–Kier alpha value is -1.10. The van der Waals surface area contributed by atoms with Crippen molar-refractivity contribution in [1.29, 1.82) is 0 Å². The van der Waals surface area contributed by atoms with Crippen molar-refractivity contribution in [2.75, 3.05) is 18.4 Å². The Kier molecular flexibility index (Phi) is 4.80. The number of nitrogens with zero attached hydrogens (tertiary/aromatic N) is 2. The monoisotopic (exact) mass is 325 g/mol. The first-order chi connectivity index (χ1) is 9.08. The van der Waals surface area contributed by atoms with E-state index < -0.39 is 0 Å². The van der Waals surface area contributed by atoms with Gasteiger partial charge in [0.25, 0.3) is 0 Å². The first-order valence-electron chi connectivity index (χ1n) is 6.75. The molecule has 1 aromatic rings. The number of aryl methyl sites for hydroxylation is 1. The van der Waals surface area contributed by atoms with Crippen molar-refractivity contribution in [3.8, 4) is 0 Å². The maximum Gasteiger partial charge on any atom is 0.244 e. The molecule has 1 aliphatic rings. The van der Waals surface area contributed by atoms with Gasteiger partial charge in [0.15, 0.2) is 0 Å². The predicted octanol–water partition coefficient (Wildman–Crippen LogP) is 2.97. The number of aromatic nitrogens is 1. The summed E-state index contributed by atoms with van der Waals surface area (Å²) in [5, 5.41) is 3.18. The molecule has 4 nitrogen and oxygen atoms in total. The number of piperidine rings is 1. The molecule has 1 saturated heterocycles. The van der Waals surface area contributed by atoms with Gasteiger partial charge in [-0.2, -0.15) is 0 Å². The van der Waals surface area contributed by atoms with Crippen molar-refractivity contribution in [2.24, 2.45) is 0 Å². The SMILES string of the molecule is Cc1cc(NC(C)C(=O)N2CCCCC2)ncc1Br. The maximum absolute atomic E-state index is 12.3. The minimum absolute atomic E-state index is 0.169. The molecule has 1 N–H and O–H groups in total. The van der Waals surface area contributed by atoms with Crippen LogP contribution in [0.4, 0.5) is 5.82 Å². The van der Waals surface area contributed by atoms with E-state index in [2.05, 4.69) is 26.2 Å². The van der Waals surface area contributed by atoms with E-state index in [0.717, 1.165) is 41.8 Å². The number of carbonyl (C=O) groups excluding carboxylic acids is 1. The molecule has 104 valence electrons. The fourth-order valence-corrected chi connectivity index (χ4v) is 2.51. The summed E-state index contributed by atoms with van der Waals surface area (Å²) < 4.78 is 0.980. The number of anilines is 1. The van der Waals surface area contributed by atoms with E-state index >= 15 is 0 Å². The second-order valence-corrected chi connectivity index (χ2v) is 5.93. The van der Waals surface area contributed by atoms with Crippen molar-refractivity contribution in [3.63, 3.8) is 0 Å². The van der Waals surface area contributed by atoms with Gasteiger partial charge in [-0.15, -0.1) is 0 Å². The molecule has 0 aliphatic carbocycles.